The molecule has 1 saturated heterocycles. The lowest BCUT2D eigenvalue weighted by Crippen LogP contribution is -2.52. The maximum atomic E-state index is 13.7. The van der Waals surface area contributed by atoms with E-state index in [1.54, 1.807) is 12.3 Å². The molecule has 0 saturated carbocycles. The molecule has 3 atom stereocenters. The summed E-state index contributed by atoms with van der Waals surface area (Å²) in [6.07, 6.45) is 2.81. The van der Waals surface area contributed by atoms with Crippen molar-refractivity contribution in [1.82, 2.24) is 20.6 Å². The Labute approximate surface area is 177 Å². The van der Waals surface area contributed by atoms with E-state index in [0.29, 0.717) is 18.5 Å². The summed E-state index contributed by atoms with van der Waals surface area (Å²) in [4.78, 5) is 32.1. The number of nitrogens with zero attached hydrogens (tertiary/aromatic N) is 2. The lowest BCUT2D eigenvalue weighted by atomic mass is 9.97. The molecule has 3 rings (SSSR count). The molecule has 1 aromatic heterocycles. The highest BCUT2D eigenvalue weighted by Crippen LogP contribution is 2.22. The zero-order chi connectivity index (χ0) is 22.2. The van der Waals surface area contributed by atoms with Crippen LogP contribution in [0.5, 0.6) is 0 Å². The van der Waals surface area contributed by atoms with Gasteiger partial charge in [-0.1, -0.05) is 0 Å². The number of halogens is 2. The monoisotopic (exact) mass is 435 g/mol. The predicted octanol–water partition coefficient (Wildman–Crippen LogP) is 1.49. The molecule has 11 heteroatoms. The van der Waals surface area contributed by atoms with Crippen LogP contribution in [0.2, 0.25) is 0 Å². The summed E-state index contributed by atoms with van der Waals surface area (Å²) in [6, 6.07) is 3.10. The van der Waals surface area contributed by atoms with E-state index in [9.17, 15) is 23.5 Å². The Hall–Kier alpha value is -3.18. The van der Waals surface area contributed by atoms with Gasteiger partial charge in [0.15, 0.2) is 0 Å². The Bertz CT molecular complexity index is 902. The van der Waals surface area contributed by atoms with E-state index in [4.69, 9.17) is 4.74 Å². The zero-order valence-corrected chi connectivity index (χ0v) is 16.6. The van der Waals surface area contributed by atoms with E-state index in [2.05, 4.69) is 25.9 Å². The van der Waals surface area contributed by atoms with Crippen LogP contribution in [0.4, 0.5) is 19.3 Å². The first-order valence-electron chi connectivity index (χ1n) is 9.75. The van der Waals surface area contributed by atoms with Crippen molar-refractivity contribution in [3.63, 3.8) is 0 Å². The van der Waals surface area contributed by atoms with Gasteiger partial charge in [-0.05, 0) is 31.0 Å². The van der Waals surface area contributed by atoms with Gasteiger partial charge in [-0.25, -0.2) is 23.5 Å². The second kappa shape index (κ2) is 10.7. The van der Waals surface area contributed by atoms with E-state index in [-0.39, 0.29) is 31.2 Å². The SMILES string of the molecule is O=C(C[C@@H]1CC[C@H](NC(=O)Nc2cc(F)ccc2F)[C@H](CO)O1)NCc1ccncn1. The van der Waals surface area contributed by atoms with Gasteiger partial charge in [0, 0.05) is 12.3 Å². The summed E-state index contributed by atoms with van der Waals surface area (Å²) in [5.41, 5.74) is 0.374. The normalized spacial score (nSPS) is 20.7. The number of aliphatic hydroxyl groups is 1. The third-order valence-electron chi connectivity index (χ3n) is 4.81. The van der Waals surface area contributed by atoms with Crippen LogP contribution in [0.15, 0.2) is 36.8 Å². The second-order valence-corrected chi connectivity index (χ2v) is 7.07. The molecule has 0 aliphatic carbocycles. The Balaban J connectivity index is 1.46. The topological polar surface area (TPSA) is 125 Å². The fraction of sp³-hybridized carbons (Fsp3) is 0.400. The first kappa shape index (κ1) is 22.5. The molecule has 0 spiro atoms. The van der Waals surface area contributed by atoms with Gasteiger partial charge in [-0.3, -0.25) is 4.79 Å². The van der Waals surface area contributed by atoms with Crippen LogP contribution in [0.1, 0.15) is 25.0 Å². The van der Waals surface area contributed by atoms with E-state index < -0.39 is 35.9 Å². The molecule has 3 amide bonds. The van der Waals surface area contributed by atoms with Crippen LogP contribution in [0, 0.1) is 11.6 Å². The molecule has 0 radical (unpaired) electrons. The van der Waals surface area contributed by atoms with Gasteiger partial charge in [0.25, 0.3) is 0 Å². The maximum absolute atomic E-state index is 13.7. The molecular formula is C20H23F2N5O4. The van der Waals surface area contributed by atoms with Crippen molar-refractivity contribution < 1.29 is 28.2 Å². The number of carbonyl (C=O) groups is 2. The molecule has 9 nitrogen and oxygen atoms in total. The zero-order valence-electron chi connectivity index (χ0n) is 16.6. The Morgan fingerprint density at radius 3 is 2.81 bits per heavy atom. The molecular weight excluding hydrogens is 412 g/mol. The fourth-order valence-corrected chi connectivity index (χ4v) is 3.26. The van der Waals surface area contributed by atoms with Gasteiger partial charge in [-0.2, -0.15) is 0 Å². The van der Waals surface area contributed by atoms with Crippen molar-refractivity contribution in [2.24, 2.45) is 0 Å². The fourth-order valence-electron chi connectivity index (χ4n) is 3.26. The summed E-state index contributed by atoms with van der Waals surface area (Å²) in [5, 5.41) is 17.2. The van der Waals surface area contributed by atoms with Crippen LogP contribution in [0.3, 0.4) is 0 Å². The van der Waals surface area contributed by atoms with Crippen LogP contribution in [0.25, 0.3) is 0 Å². The molecule has 4 N–H and O–H groups in total. The summed E-state index contributed by atoms with van der Waals surface area (Å²) in [7, 11) is 0. The lowest BCUT2D eigenvalue weighted by Gasteiger charge is -2.35. The van der Waals surface area contributed by atoms with Crippen molar-refractivity contribution in [3.8, 4) is 0 Å². The number of nitrogens with one attached hydrogen (secondary N) is 3. The molecule has 1 aliphatic rings. The number of hydrogen-bond donors (Lipinski definition) is 4. The number of benzene rings is 1. The van der Waals surface area contributed by atoms with E-state index in [1.165, 1.54) is 6.33 Å². The predicted molar refractivity (Wildman–Crippen MR) is 106 cm³/mol. The number of anilines is 1. The molecule has 2 heterocycles. The van der Waals surface area contributed by atoms with Gasteiger partial charge in [0.1, 0.15) is 24.1 Å². The van der Waals surface area contributed by atoms with Crippen molar-refractivity contribution >= 4 is 17.6 Å². The lowest BCUT2D eigenvalue weighted by molar-refractivity contribution is -0.130. The van der Waals surface area contributed by atoms with Crippen LogP contribution in [-0.2, 0) is 16.1 Å². The van der Waals surface area contributed by atoms with Gasteiger partial charge in [-0.15, -0.1) is 0 Å². The minimum Gasteiger partial charge on any atom is -0.394 e. The van der Waals surface area contributed by atoms with Crippen molar-refractivity contribution in [2.45, 2.75) is 44.1 Å². The largest absolute Gasteiger partial charge is 0.394 e. The third-order valence-corrected chi connectivity index (χ3v) is 4.81. The van der Waals surface area contributed by atoms with Gasteiger partial charge in [0.2, 0.25) is 5.91 Å². The number of ether oxygens (including phenoxy) is 1. The molecule has 1 aliphatic heterocycles. The average molecular weight is 435 g/mol. The number of aromatic nitrogens is 2. The van der Waals surface area contributed by atoms with Gasteiger partial charge < -0.3 is 25.8 Å². The van der Waals surface area contributed by atoms with Crippen molar-refractivity contribution in [1.29, 1.82) is 0 Å². The van der Waals surface area contributed by atoms with E-state index in [1.807, 2.05) is 0 Å². The van der Waals surface area contributed by atoms with Gasteiger partial charge in [0.05, 0.1) is 43.1 Å². The summed E-state index contributed by atoms with van der Waals surface area (Å²) < 4.78 is 32.7. The number of aliphatic hydroxyl groups excluding tert-OH is 1. The first-order chi connectivity index (χ1) is 14.9. The minimum absolute atomic E-state index is 0.0923. The van der Waals surface area contributed by atoms with Crippen LogP contribution in [-0.4, -0.2) is 51.9 Å². The smallest absolute Gasteiger partial charge is 0.319 e. The van der Waals surface area contributed by atoms with Gasteiger partial charge >= 0.3 is 6.03 Å². The number of hydrogen-bond acceptors (Lipinski definition) is 6. The maximum Gasteiger partial charge on any atom is 0.319 e. The highest BCUT2D eigenvalue weighted by molar-refractivity contribution is 5.89. The second-order valence-electron chi connectivity index (χ2n) is 7.07. The third kappa shape index (κ3) is 6.66. The van der Waals surface area contributed by atoms with Crippen molar-refractivity contribution in [3.05, 3.63) is 54.1 Å². The number of rotatable bonds is 7. The molecule has 0 bridgehead atoms. The van der Waals surface area contributed by atoms with E-state index >= 15 is 0 Å². The van der Waals surface area contributed by atoms with Crippen LogP contribution >= 0.6 is 0 Å². The summed E-state index contributed by atoms with van der Waals surface area (Å²) in [5.74, 6) is -1.69. The highest BCUT2D eigenvalue weighted by atomic mass is 19.1. The summed E-state index contributed by atoms with van der Waals surface area (Å²) in [6.45, 7) is -0.114. The average Bonchev–Trinajstić information content (AvgIpc) is 2.76. The molecule has 0 unspecified atom stereocenters. The highest BCUT2D eigenvalue weighted by Gasteiger charge is 2.33. The molecule has 166 valence electrons. The number of amides is 3. The quantitative estimate of drug-likeness (QED) is 0.522. The first-order valence-corrected chi connectivity index (χ1v) is 9.75. The standard InChI is InChI=1S/C20H23F2N5O4/c21-12-1-3-15(22)17(7-12)27-20(30)26-16-4-2-14(31-18(16)10-28)8-19(29)24-9-13-5-6-23-11-25-13/h1,3,5-7,11,14,16,18,28H,2,4,8-10H2,(H,24,29)(H2,26,27,30)/t14-,16-,18-/m0/s1. The Morgan fingerprint density at radius 2 is 2.06 bits per heavy atom. The molecule has 1 aromatic carbocycles. The molecule has 31 heavy (non-hydrogen) atoms. The Morgan fingerprint density at radius 1 is 1.23 bits per heavy atom. The molecule has 2 aromatic rings. The van der Waals surface area contributed by atoms with Crippen LogP contribution < -0.4 is 16.0 Å². The van der Waals surface area contributed by atoms with Crippen molar-refractivity contribution in [2.75, 3.05) is 11.9 Å². The minimum atomic E-state index is -0.775. The Kier molecular flexibility index (Phi) is 7.79. The van der Waals surface area contributed by atoms with E-state index in [0.717, 1.165) is 18.2 Å². The molecule has 1 fully saturated rings. The number of carbonyl (C=O) groups excluding carboxylic acids is 2. The summed E-state index contributed by atoms with van der Waals surface area (Å²) >= 11 is 0. The number of urea groups is 1.